The molecule has 24 heavy (non-hydrogen) atoms. The van der Waals surface area contributed by atoms with Gasteiger partial charge < -0.3 is 0 Å². The lowest BCUT2D eigenvalue weighted by molar-refractivity contribution is 1.06. The summed E-state index contributed by atoms with van der Waals surface area (Å²) in [4.78, 5) is 0. The Hall–Kier alpha value is -2.86. The van der Waals surface area contributed by atoms with E-state index in [0.29, 0.717) is 0 Å². The molecule has 0 spiro atoms. The first-order chi connectivity index (χ1) is 11.7. The molecule has 0 aliphatic rings. The van der Waals surface area contributed by atoms with Gasteiger partial charge in [-0.25, -0.2) is 0 Å². The highest BCUT2D eigenvalue weighted by molar-refractivity contribution is 5.53. The number of benzene rings is 2. The van der Waals surface area contributed by atoms with Crippen LogP contribution in [0.1, 0.15) is 29.5 Å². The fraction of sp³-hybridized carbons (Fsp3) is 0.0833. The minimum Gasteiger partial charge on any atom is -0.103 e. The van der Waals surface area contributed by atoms with E-state index in [4.69, 9.17) is 0 Å². The average molecular weight is 316 g/mol. The third kappa shape index (κ3) is 10.8. The van der Waals surface area contributed by atoms with Crippen molar-refractivity contribution in [3.63, 3.8) is 0 Å². The minimum absolute atomic E-state index is 1.06. The van der Waals surface area contributed by atoms with Crippen LogP contribution in [0.25, 0.3) is 18.2 Å². The van der Waals surface area contributed by atoms with E-state index >= 15 is 0 Å². The fourth-order valence-electron chi connectivity index (χ4n) is 1.59. The molecule has 2 aromatic rings. The summed E-state index contributed by atoms with van der Waals surface area (Å²) in [7, 11) is 0. The summed E-state index contributed by atoms with van der Waals surface area (Å²) in [6.07, 6.45) is 11.4. The van der Waals surface area contributed by atoms with Crippen LogP contribution in [0.15, 0.2) is 99.6 Å². The first kappa shape index (κ1) is 21.1. The summed E-state index contributed by atoms with van der Waals surface area (Å²) in [5, 5.41) is 0. The van der Waals surface area contributed by atoms with Crippen molar-refractivity contribution < 1.29 is 0 Å². The lowest BCUT2D eigenvalue weighted by Crippen LogP contribution is -1.71. The molecule has 0 aromatic heterocycles. The molecule has 2 rings (SSSR count). The first-order valence-electron chi connectivity index (χ1n) is 7.96. The highest BCUT2D eigenvalue weighted by Gasteiger charge is 1.84. The summed E-state index contributed by atoms with van der Waals surface area (Å²) in [6, 6.07) is 18.1. The number of rotatable bonds is 6. The molecule has 0 heterocycles. The molecule has 0 saturated carbocycles. The second kappa shape index (κ2) is 15.1. The van der Waals surface area contributed by atoms with Crippen molar-refractivity contribution in [3.8, 4) is 0 Å². The normalized spacial score (nSPS) is 8.33. The molecule has 0 aliphatic carbocycles. The first-order valence-corrected chi connectivity index (χ1v) is 7.96. The van der Waals surface area contributed by atoms with Crippen LogP contribution in [-0.2, 0) is 0 Å². The standard InChI is InChI=1S/C10H10.C8H8.C6H10/c1-3-9-5-7-10(4-2)8-6-9;1-2-8-6-4-3-5-7-8;1-3-5-6-4-2/h3-8H,1-2H2;2-7H,1H2;3-4H,1-2,5-6H2. The highest BCUT2D eigenvalue weighted by atomic mass is 13.9. The average Bonchev–Trinajstić information content (AvgIpc) is 2.68. The molecular formula is C24H28. The van der Waals surface area contributed by atoms with Gasteiger partial charge in [0.1, 0.15) is 0 Å². The van der Waals surface area contributed by atoms with E-state index in [1.54, 1.807) is 0 Å². The van der Waals surface area contributed by atoms with Crippen molar-refractivity contribution >= 4 is 18.2 Å². The SMILES string of the molecule is C=CCCC=C.C=Cc1ccc(C=C)cc1.C=Cc1ccccc1. The van der Waals surface area contributed by atoms with Crippen molar-refractivity contribution in [1.29, 1.82) is 0 Å². The molecule has 0 fully saturated rings. The van der Waals surface area contributed by atoms with Crippen LogP contribution in [0.3, 0.4) is 0 Å². The zero-order valence-electron chi connectivity index (χ0n) is 14.5. The quantitative estimate of drug-likeness (QED) is 0.383. The second-order valence-corrected chi connectivity index (χ2v) is 4.84. The van der Waals surface area contributed by atoms with Crippen LogP contribution in [-0.4, -0.2) is 0 Å². The number of hydrogen-bond donors (Lipinski definition) is 0. The Labute approximate surface area is 147 Å². The van der Waals surface area contributed by atoms with Gasteiger partial charge in [0.25, 0.3) is 0 Å². The van der Waals surface area contributed by atoms with E-state index in [-0.39, 0.29) is 0 Å². The van der Waals surface area contributed by atoms with E-state index in [9.17, 15) is 0 Å². The topological polar surface area (TPSA) is 0 Å². The van der Waals surface area contributed by atoms with E-state index in [0.717, 1.165) is 24.0 Å². The zero-order valence-corrected chi connectivity index (χ0v) is 14.5. The van der Waals surface area contributed by atoms with Crippen molar-refractivity contribution in [2.75, 3.05) is 0 Å². The predicted octanol–water partition coefficient (Wildman–Crippen LogP) is 7.44. The van der Waals surface area contributed by atoms with Gasteiger partial charge in [-0.15, -0.1) is 13.2 Å². The van der Waals surface area contributed by atoms with Gasteiger partial charge in [0, 0.05) is 0 Å². The number of allylic oxidation sites excluding steroid dienone is 2. The molecule has 0 nitrogen and oxygen atoms in total. The second-order valence-electron chi connectivity index (χ2n) is 4.84. The Morgan fingerprint density at radius 1 is 0.500 bits per heavy atom. The zero-order chi connectivity index (χ0) is 18.0. The predicted molar refractivity (Wildman–Crippen MR) is 113 cm³/mol. The molecule has 0 amide bonds. The Kier molecular flexibility index (Phi) is 13.3. The Balaban J connectivity index is 0.000000343. The summed E-state index contributed by atoms with van der Waals surface area (Å²) in [6.45, 7) is 18.1. The maximum Gasteiger partial charge on any atom is -0.0262 e. The lowest BCUT2D eigenvalue weighted by atomic mass is 10.1. The van der Waals surface area contributed by atoms with Crippen molar-refractivity contribution in [1.82, 2.24) is 0 Å². The van der Waals surface area contributed by atoms with Crippen molar-refractivity contribution in [3.05, 3.63) is 116 Å². The molecule has 0 heteroatoms. The molecule has 124 valence electrons. The molecule has 0 radical (unpaired) electrons. The molecule has 0 unspecified atom stereocenters. The smallest absolute Gasteiger partial charge is 0.0262 e. The molecule has 0 aliphatic heterocycles. The minimum atomic E-state index is 1.06. The van der Waals surface area contributed by atoms with Gasteiger partial charge in [-0.3, -0.25) is 0 Å². The highest BCUT2D eigenvalue weighted by Crippen LogP contribution is 2.05. The molecule has 0 saturated heterocycles. The van der Waals surface area contributed by atoms with E-state index in [1.165, 1.54) is 5.56 Å². The van der Waals surface area contributed by atoms with Crippen LogP contribution in [0.4, 0.5) is 0 Å². The lowest BCUT2D eigenvalue weighted by Gasteiger charge is -1.92. The van der Waals surface area contributed by atoms with Gasteiger partial charge in [0.05, 0.1) is 0 Å². The Morgan fingerprint density at radius 3 is 1.08 bits per heavy atom. The van der Waals surface area contributed by atoms with Crippen LogP contribution in [0.5, 0.6) is 0 Å². The van der Waals surface area contributed by atoms with Crippen molar-refractivity contribution in [2.45, 2.75) is 12.8 Å². The van der Waals surface area contributed by atoms with Gasteiger partial charge >= 0.3 is 0 Å². The van der Waals surface area contributed by atoms with Gasteiger partial charge in [-0.1, -0.05) is 105 Å². The Morgan fingerprint density at radius 2 is 0.833 bits per heavy atom. The monoisotopic (exact) mass is 316 g/mol. The van der Waals surface area contributed by atoms with Gasteiger partial charge in [0.15, 0.2) is 0 Å². The van der Waals surface area contributed by atoms with Crippen LogP contribution in [0.2, 0.25) is 0 Å². The van der Waals surface area contributed by atoms with E-state index in [2.05, 4.69) is 32.9 Å². The third-order valence-electron chi connectivity index (χ3n) is 3.02. The van der Waals surface area contributed by atoms with Gasteiger partial charge in [0.2, 0.25) is 0 Å². The Bertz CT molecular complexity index is 565. The maximum absolute atomic E-state index is 3.66. The van der Waals surface area contributed by atoms with Crippen LogP contribution < -0.4 is 0 Å². The van der Waals surface area contributed by atoms with Crippen LogP contribution in [0, 0.1) is 0 Å². The number of hydrogen-bond acceptors (Lipinski definition) is 0. The van der Waals surface area contributed by atoms with E-state index < -0.39 is 0 Å². The summed E-state index contributed by atoms with van der Waals surface area (Å²) < 4.78 is 0. The molecule has 0 N–H and O–H groups in total. The molecular weight excluding hydrogens is 288 g/mol. The largest absolute Gasteiger partial charge is 0.103 e. The summed E-state index contributed by atoms with van der Waals surface area (Å²) in [5.41, 5.74) is 3.46. The number of unbranched alkanes of at least 4 members (excludes halogenated alkanes) is 1. The summed E-state index contributed by atoms with van der Waals surface area (Å²) >= 11 is 0. The van der Waals surface area contributed by atoms with Gasteiger partial charge in [-0.05, 0) is 29.5 Å². The third-order valence-corrected chi connectivity index (χ3v) is 3.02. The van der Waals surface area contributed by atoms with Crippen molar-refractivity contribution in [2.24, 2.45) is 0 Å². The van der Waals surface area contributed by atoms with Crippen LogP contribution >= 0.6 is 0 Å². The molecule has 0 bridgehead atoms. The molecule has 0 atom stereocenters. The molecule has 2 aromatic carbocycles. The maximum atomic E-state index is 3.66. The van der Waals surface area contributed by atoms with E-state index in [1.807, 2.05) is 85.0 Å². The van der Waals surface area contributed by atoms with Gasteiger partial charge in [-0.2, -0.15) is 0 Å². The fourth-order valence-corrected chi connectivity index (χ4v) is 1.59. The summed E-state index contributed by atoms with van der Waals surface area (Å²) in [5.74, 6) is 0.